The summed E-state index contributed by atoms with van der Waals surface area (Å²) in [6, 6.07) is 3.91. The van der Waals surface area contributed by atoms with Crippen molar-refractivity contribution in [2.75, 3.05) is 5.32 Å². The summed E-state index contributed by atoms with van der Waals surface area (Å²) in [6.07, 6.45) is 4.75. The van der Waals surface area contributed by atoms with Gasteiger partial charge in [-0.05, 0) is 34.9 Å². The Kier molecular flexibility index (Phi) is 3.97. The molecule has 2 heterocycles. The van der Waals surface area contributed by atoms with Gasteiger partial charge in [0.25, 0.3) is 11.9 Å². The lowest BCUT2D eigenvalue weighted by Gasteiger charge is -2.04. The van der Waals surface area contributed by atoms with Crippen molar-refractivity contribution >= 4 is 17.9 Å². The molecule has 1 amide bonds. The first-order valence-corrected chi connectivity index (χ1v) is 5.83. The van der Waals surface area contributed by atoms with Gasteiger partial charge in [-0.25, -0.2) is 0 Å². The van der Waals surface area contributed by atoms with Crippen molar-refractivity contribution in [2.45, 2.75) is 19.8 Å². The number of carbonyl (C=O) groups is 1. The van der Waals surface area contributed by atoms with Crippen LogP contribution >= 0.6 is 0 Å². The average Bonchev–Trinajstić information content (AvgIpc) is 2.89. The zero-order chi connectivity index (χ0) is 13.7. The van der Waals surface area contributed by atoms with Gasteiger partial charge in [0, 0.05) is 12.3 Å². The number of amides is 1. The van der Waals surface area contributed by atoms with E-state index < -0.39 is 0 Å². The Morgan fingerprint density at radius 3 is 3.00 bits per heavy atom. The number of H-pyrrole nitrogens is 1. The Morgan fingerprint density at radius 1 is 1.47 bits per heavy atom. The zero-order valence-electron chi connectivity index (χ0n) is 10.7. The number of carbonyl (C=O) groups excluding carboxylic acids is 1. The van der Waals surface area contributed by atoms with Crippen LogP contribution in [0.15, 0.2) is 24.4 Å². The highest BCUT2D eigenvalue weighted by Gasteiger charge is 2.02. The van der Waals surface area contributed by atoms with E-state index in [0.717, 1.165) is 5.69 Å². The molecule has 2 aromatic heterocycles. The minimum Gasteiger partial charge on any atom is -0.288 e. The molecule has 0 aliphatic carbocycles. The summed E-state index contributed by atoms with van der Waals surface area (Å²) in [7, 11) is 0. The van der Waals surface area contributed by atoms with Crippen LogP contribution < -0.4 is 5.32 Å². The summed E-state index contributed by atoms with van der Waals surface area (Å²) in [4.78, 5) is 15.7. The van der Waals surface area contributed by atoms with Crippen LogP contribution in [0.2, 0.25) is 0 Å². The summed E-state index contributed by atoms with van der Waals surface area (Å²) in [5, 5.41) is 15.3. The minimum absolute atomic E-state index is 0.138. The standard InChI is InChI=1S/C12H14N6O/c1-8(2)9-5-6-13-10(7-9)3-4-11(19)14-12-15-17-18-16-12/h3-8H,1-2H3,(H2,14,15,16,17,18,19). The summed E-state index contributed by atoms with van der Waals surface area (Å²) in [5.41, 5.74) is 1.91. The number of nitrogens with one attached hydrogen (secondary N) is 2. The first-order valence-electron chi connectivity index (χ1n) is 5.83. The number of aromatic nitrogens is 5. The number of nitrogens with zero attached hydrogens (tertiary/aromatic N) is 4. The van der Waals surface area contributed by atoms with Crippen molar-refractivity contribution in [3.05, 3.63) is 35.7 Å². The normalized spacial score (nSPS) is 11.1. The van der Waals surface area contributed by atoms with Crippen LogP contribution in [0.4, 0.5) is 5.95 Å². The number of hydrogen-bond donors (Lipinski definition) is 2. The van der Waals surface area contributed by atoms with E-state index in [2.05, 4.69) is 44.8 Å². The largest absolute Gasteiger partial charge is 0.288 e. The van der Waals surface area contributed by atoms with Gasteiger partial charge >= 0.3 is 0 Å². The number of rotatable bonds is 4. The van der Waals surface area contributed by atoms with Crippen molar-refractivity contribution in [3.63, 3.8) is 0 Å². The van der Waals surface area contributed by atoms with E-state index in [1.165, 1.54) is 11.6 Å². The summed E-state index contributed by atoms with van der Waals surface area (Å²) in [6.45, 7) is 4.21. The number of aromatic amines is 1. The molecule has 0 atom stereocenters. The van der Waals surface area contributed by atoms with Gasteiger partial charge in [-0.2, -0.15) is 5.21 Å². The third kappa shape index (κ3) is 3.70. The van der Waals surface area contributed by atoms with Gasteiger partial charge in [0.2, 0.25) is 0 Å². The van der Waals surface area contributed by atoms with E-state index in [1.807, 2.05) is 12.1 Å². The quantitative estimate of drug-likeness (QED) is 0.807. The topological polar surface area (TPSA) is 96.5 Å². The van der Waals surface area contributed by atoms with Crippen molar-refractivity contribution in [1.82, 2.24) is 25.6 Å². The third-order valence-corrected chi connectivity index (χ3v) is 2.46. The van der Waals surface area contributed by atoms with Crippen LogP contribution in [0.1, 0.15) is 31.0 Å². The predicted octanol–water partition coefficient (Wildman–Crippen LogP) is 1.37. The third-order valence-electron chi connectivity index (χ3n) is 2.46. The van der Waals surface area contributed by atoms with Crippen LogP contribution in [0.5, 0.6) is 0 Å². The first-order chi connectivity index (χ1) is 9.15. The fourth-order valence-electron chi connectivity index (χ4n) is 1.44. The van der Waals surface area contributed by atoms with Crippen LogP contribution in [0.25, 0.3) is 6.08 Å². The second-order valence-electron chi connectivity index (χ2n) is 4.23. The van der Waals surface area contributed by atoms with Crippen molar-refractivity contribution < 1.29 is 4.79 Å². The fourth-order valence-corrected chi connectivity index (χ4v) is 1.44. The molecule has 2 aromatic rings. The van der Waals surface area contributed by atoms with Crippen LogP contribution in [-0.2, 0) is 4.79 Å². The van der Waals surface area contributed by atoms with E-state index in [1.54, 1.807) is 12.3 Å². The van der Waals surface area contributed by atoms with Crippen LogP contribution in [0, 0.1) is 0 Å². The van der Waals surface area contributed by atoms with E-state index in [4.69, 9.17) is 0 Å². The maximum absolute atomic E-state index is 11.6. The second kappa shape index (κ2) is 5.85. The molecule has 7 heteroatoms. The number of anilines is 1. The Hall–Kier alpha value is -2.57. The molecule has 19 heavy (non-hydrogen) atoms. The lowest BCUT2D eigenvalue weighted by Crippen LogP contribution is -2.09. The monoisotopic (exact) mass is 258 g/mol. The van der Waals surface area contributed by atoms with E-state index in [9.17, 15) is 4.79 Å². The molecule has 0 aliphatic rings. The lowest BCUT2D eigenvalue weighted by molar-refractivity contribution is -0.111. The van der Waals surface area contributed by atoms with Crippen LogP contribution in [0.3, 0.4) is 0 Å². The smallest absolute Gasteiger partial charge is 0.270 e. The maximum atomic E-state index is 11.6. The highest BCUT2D eigenvalue weighted by atomic mass is 16.1. The molecule has 98 valence electrons. The Morgan fingerprint density at radius 2 is 2.32 bits per heavy atom. The molecule has 0 spiro atoms. The molecule has 0 saturated carbocycles. The zero-order valence-corrected chi connectivity index (χ0v) is 10.7. The minimum atomic E-state index is -0.335. The van der Waals surface area contributed by atoms with E-state index >= 15 is 0 Å². The molecular formula is C12H14N6O. The van der Waals surface area contributed by atoms with Gasteiger partial charge in [0.05, 0.1) is 5.69 Å². The van der Waals surface area contributed by atoms with Gasteiger partial charge in [-0.15, -0.1) is 5.10 Å². The van der Waals surface area contributed by atoms with Crippen LogP contribution in [-0.4, -0.2) is 31.5 Å². The SMILES string of the molecule is CC(C)c1ccnc(C=CC(=O)Nc2nn[nH]n2)c1. The molecule has 0 saturated heterocycles. The highest BCUT2D eigenvalue weighted by molar-refractivity contribution is 6.00. The molecule has 0 unspecified atom stereocenters. The van der Waals surface area contributed by atoms with Gasteiger partial charge in [-0.3, -0.25) is 15.1 Å². The van der Waals surface area contributed by atoms with Crippen molar-refractivity contribution in [1.29, 1.82) is 0 Å². The van der Waals surface area contributed by atoms with Gasteiger partial charge in [0.1, 0.15) is 0 Å². The summed E-state index contributed by atoms with van der Waals surface area (Å²) >= 11 is 0. The fraction of sp³-hybridized carbons (Fsp3) is 0.250. The Labute approximate surface area is 110 Å². The van der Waals surface area contributed by atoms with Gasteiger partial charge < -0.3 is 0 Å². The molecule has 0 aliphatic heterocycles. The van der Waals surface area contributed by atoms with E-state index in [0.29, 0.717) is 5.92 Å². The average molecular weight is 258 g/mol. The Bertz CT molecular complexity index is 576. The number of tetrazole rings is 1. The van der Waals surface area contributed by atoms with Crippen molar-refractivity contribution in [3.8, 4) is 0 Å². The Balaban J connectivity index is 2.02. The van der Waals surface area contributed by atoms with Gasteiger partial charge in [0.15, 0.2) is 0 Å². The van der Waals surface area contributed by atoms with Gasteiger partial charge in [-0.1, -0.05) is 18.9 Å². The lowest BCUT2D eigenvalue weighted by atomic mass is 10.0. The summed E-state index contributed by atoms with van der Waals surface area (Å²) in [5.74, 6) is 0.222. The molecule has 0 bridgehead atoms. The van der Waals surface area contributed by atoms with Crippen molar-refractivity contribution in [2.24, 2.45) is 0 Å². The molecule has 0 fully saturated rings. The number of pyridine rings is 1. The second-order valence-corrected chi connectivity index (χ2v) is 4.23. The molecular weight excluding hydrogens is 244 g/mol. The highest BCUT2D eigenvalue weighted by Crippen LogP contribution is 2.14. The molecule has 7 nitrogen and oxygen atoms in total. The van der Waals surface area contributed by atoms with E-state index in [-0.39, 0.29) is 11.9 Å². The molecule has 0 aromatic carbocycles. The summed E-state index contributed by atoms with van der Waals surface area (Å²) < 4.78 is 0. The maximum Gasteiger partial charge on any atom is 0.270 e. The molecule has 2 N–H and O–H groups in total. The molecule has 0 radical (unpaired) electrons. The predicted molar refractivity (Wildman–Crippen MR) is 70.2 cm³/mol. The molecule has 2 rings (SSSR count). The first kappa shape index (κ1) is 12.9. The number of hydrogen-bond acceptors (Lipinski definition) is 5.